The Hall–Kier alpha value is -3.07. The molecular weight excluding hydrogens is 483 g/mol. The predicted octanol–water partition coefficient (Wildman–Crippen LogP) is 4.50. The number of carbonyl (C=O) groups is 2. The third kappa shape index (κ3) is 7.71. The van der Waals surface area contributed by atoms with Gasteiger partial charge in [0.15, 0.2) is 0 Å². The first-order chi connectivity index (χ1) is 17.7. The van der Waals surface area contributed by atoms with E-state index < -0.39 is 6.36 Å². The zero-order valence-corrected chi connectivity index (χ0v) is 21.0. The number of hydrogen-bond acceptors (Lipinski definition) is 4. The molecule has 2 aliphatic heterocycles. The van der Waals surface area contributed by atoms with E-state index in [0.717, 1.165) is 57.4 Å². The fraction of sp³-hybridized carbons (Fsp3) is 0.500. The molecule has 1 atom stereocenters. The van der Waals surface area contributed by atoms with Crippen LogP contribution >= 0.6 is 0 Å². The van der Waals surface area contributed by atoms with E-state index in [1.165, 1.54) is 18.2 Å². The lowest BCUT2D eigenvalue weighted by atomic mass is 9.95. The van der Waals surface area contributed by atoms with Crippen LogP contribution in [0.2, 0.25) is 0 Å². The molecule has 2 aliphatic rings. The third-order valence-electron chi connectivity index (χ3n) is 7.35. The quantitative estimate of drug-likeness (QED) is 0.588. The van der Waals surface area contributed by atoms with E-state index in [-0.39, 0.29) is 35.9 Å². The van der Waals surface area contributed by atoms with Crippen molar-refractivity contribution in [2.45, 2.75) is 63.4 Å². The third-order valence-corrected chi connectivity index (χ3v) is 7.35. The number of carbonyl (C=O) groups excluding carboxylic acids is 2. The fourth-order valence-electron chi connectivity index (χ4n) is 5.34. The van der Waals surface area contributed by atoms with E-state index in [2.05, 4.69) is 15.0 Å². The lowest BCUT2D eigenvalue weighted by molar-refractivity contribution is -0.274. The minimum Gasteiger partial charge on any atom is -0.406 e. The van der Waals surface area contributed by atoms with Gasteiger partial charge >= 0.3 is 6.36 Å². The zero-order valence-electron chi connectivity index (χ0n) is 21.0. The van der Waals surface area contributed by atoms with Crippen molar-refractivity contribution in [2.75, 3.05) is 26.2 Å². The maximum Gasteiger partial charge on any atom is 0.573 e. The Morgan fingerprint density at radius 3 is 2.30 bits per heavy atom. The standard InChI is InChI=1S/C28H34F3N3O3/c1-20(22-7-3-2-4-8-22)27(36)34-16-12-24(13-17-34)33-14-10-23(11-15-33)32-26(35)19-21-6-5-9-25(18-21)37-28(29,30)31/h2-9,18,20,23-24H,10-17,19H2,1H3,(H,32,35). The largest absolute Gasteiger partial charge is 0.573 e. The zero-order chi connectivity index (χ0) is 26.4. The highest BCUT2D eigenvalue weighted by atomic mass is 19.4. The van der Waals surface area contributed by atoms with E-state index in [1.807, 2.05) is 42.2 Å². The summed E-state index contributed by atoms with van der Waals surface area (Å²) in [5.41, 5.74) is 1.51. The first-order valence-electron chi connectivity index (χ1n) is 12.9. The van der Waals surface area contributed by atoms with Gasteiger partial charge in [-0.2, -0.15) is 0 Å². The Morgan fingerprint density at radius 2 is 1.65 bits per heavy atom. The number of hydrogen-bond donors (Lipinski definition) is 1. The summed E-state index contributed by atoms with van der Waals surface area (Å²) in [6.07, 6.45) is -1.22. The van der Waals surface area contributed by atoms with Crippen molar-refractivity contribution in [1.29, 1.82) is 0 Å². The van der Waals surface area contributed by atoms with Crippen molar-refractivity contribution in [3.05, 3.63) is 65.7 Å². The van der Waals surface area contributed by atoms with Gasteiger partial charge in [0.2, 0.25) is 11.8 Å². The Balaban J connectivity index is 1.18. The van der Waals surface area contributed by atoms with Crippen LogP contribution in [0.5, 0.6) is 5.75 Å². The molecule has 2 aromatic carbocycles. The Labute approximate surface area is 215 Å². The van der Waals surface area contributed by atoms with Crippen molar-refractivity contribution in [3.63, 3.8) is 0 Å². The number of nitrogens with one attached hydrogen (secondary N) is 1. The molecule has 6 nitrogen and oxygen atoms in total. The van der Waals surface area contributed by atoms with E-state index in [1.54, 1.807) is 6.07 Å². The molecule has 2 fully saturated rings. The smallest absolute Gasteiger partial charge is 0.406 e. The first-order valence-corrected chi connectivity index (χ1v) is 12.9. The SMILES string of the molecule is CC(C(=O)N1CCC(N2CCC(NC(=O)Cc3cccc(OC(F)(F)F)c3)CC2)CC1)c1ccccc1. The monoisotopic (exact) mass is 517 g/mol. The Bertz CT molecular complexity index is 1050. The van der Waals surface area contributed by atoms with Crippen molar-refractivity contribution in [1.82, 2.24) is 15.1 Å². The first kappa shape index (κ1) is 27.0. The second-order valence-electron chi connectivity index (χ2n) is 9.94. The summed E-state index contributed by atoms with van der Waals surface area (Å²) in [7, 11) is 0. The summed E-state index contributed by atoms with van der Waals surface area (Å²) in [5, 5.41) is 3.03. The topological polar surface area (TPSA) is 61.9 Å². The summed E-state index contributed by atoms with van der Waals surface area (Å²) in [4.78, 5) is 29.9. The van der Waals surface area contributed by atoms with Gasteiger partial charge < -0.3 is 19.9 Å². The molecule has 4 rings (SSSR count). The summed E-state index contributed by atoms with van der Waals surface area (Å²) in [6, 6.07) is 15.9. The number of likely N-dealkylation sites (tertiary alicyclic amines) is 2. The molecule has 37 heavy (non-hydrogen) atoms. The maximum absolute atomic E-state index is 13.0. The molecular formula is C28H34F3N3O3. The number of alkyl halides is 3. The van der Waals surface area contributed by atoms with Gasteiger partial charge in [0.1, 0.15) is 5.75 Å². The summed E-state index contributed by atoms with van der Waals surface area (Å²) >= 11 is 0. The summed E-state index contributed by atoms with van der Waals surface area (Å²) < 4.78 is 41.3. The lowest BCUT2D eigenvalue weighted by Gasteiger charge is -2.42. The number of benzene rings is 2. The molecule has 200 valence electrons. The van der Waals surface area contributed by atoms with Gasteiger partial charge in [-0.25, -0.2) is 0 Å². The maximum atomic E-state index is 13.0. The van der Waals surface area contributed by atoms with Gasteiger partial charge in [0.25, 0.3) is 0 Å². The van der Waals surface area contributed by atoms with Crippen molar-refractivity contribution < 1.29 is 27.5 Å². The molecule has 0 radical (unpaired) electrons. The summed E-state index contributed by atoms with van der Waals surface area (Å²) in [5.74, 6) is -0.492. The number of rotatable bonds is 7. The Morgan fingerprint density at radius 1 is 0.973 bits per heavy atom. The van der Waals surface area contributed by atoms with Gasteiger partial charge in [0.05, 0.1) is 12.3 Å². The van der Waals surface area contributed by atoms with E-state index in [4.69, 9.17) is 0 Å². The van der Waals surface area contributed by atoms with Crippen LogP contribution in [0.4, 0.5) is 13.2 Å². The van der Waals surface area contributed by atoms with E-state index in [9.17, 15) is 22.8 Å². The molecule has 0 aliphatic carbocycles. The molecule has 1 N–H and O–H groups in total. The molecule has 0 bridgehead atoms. The molecule has 9 heteroatoms. The van der Waals surface area contributed by atoms with Crippen LogP contribution < -0.4 is 10.1 Å². The molecule has 0 saturated carbocycles. The molecule has 0 spiro atoms. The number of amides is 2. The molecule has 2 saturated heterocycles. The molecule has 2 amide bonds. The van der Waals surface area contributed by atoms with Gasteiger partial charge in [-0.3, -0.25) is 9.59 Å². The van der Waals surface area contributed by atoms with Gasteiger partial charge in [-0.05, 0) is 55.9 Å². The molecule has 0 aromatic heterocycles. The highest BCUT2D eigenvalue weighted by Gasteiger charge is 2.32. The molecule has 2 aromatic rings. The summed E-state index contributed by atoms with van der Waals surface area (Å²) in [6.45, 7) is 5.23. The van der Waals surface area contributed by atoms with Crippen molar-refractivity contribution >= 4 is 11.8 Å². The van der Waals surface area contributed by atoms with Crippen LogP contribution in [0.1, 0.15) is 49.7 Å². The van der Waals surface area contributed by atoms with Crippen molar-refractivity contribution in [3.8, 4) is 5.75 Å². The molecule has 1 unspecified atom stereocenters. The van der Waals surface area contributed by atoms with Crippen LogP contribution in [0, 0.1) is 0 Å². The lowest BCUT2D eigenvalue weighted by Crippen LogP contribution is -2.52. The van der Waals surface area contributed by atoms with Crippen LogP contribution in [0.15, 0.2) is 54.6 Å². The van der Waals surface area contributed by atoms with E-state index >= 15 is 0 Å². The van der Waals surface area contributed by atoms with Crippen LogP contribution in [-0.2, 0) is 16.0 Å². The number of halogens is 3. The fourth-order valence-corrected chi connectivity index (χ4v) is 5.34. The van der Waals surface area contributed by atoms with Crippen LogP contribution in [0.25, 0.3) is 0 Å². The Kier molecular flexibility index (Phi) is 8.74. The predicted molar refractivity (Wildman–Crippen MR) is 134 cm³/mol. The van der Waals surface area contributed by atoms with Gasteiger partial charge in [0, 0.05) is 38.3 Å². The van der Waals surface area contributed by atoms with E-state index in [0.29, 0.717) is 11.6 Å². The normalized spacial score (nSPS) is 18.9. The minimum absolute atomic E-state index is 0.00314. The minimum atomic E-state index is -4.76. The average molecular weight is 518 g/mol. The average Bonchev–Trinajstić information content (AvgIpc) is 2.88. The van der Waals surface area contributed by atoms with Crippen LogP contribution in [-0.4, -0.2) is 66.2 Å². The van der Waals surface area contributed by atoms with Gasteiger partial charge in [-0.15, -0.1) is 13.2 Å². The number of piperidine rings is 2. The second-order valence-corrected chi connectivity index (χ2v) is 9.94. The van der Waals surface area contributed by atoms with Crippen LogP contribution in [0.3, 0.4) is 0 Å². The van der Waals surface area contributed by atoms with Crippen molar-refractivity contribution in [2.24, 2.45) is 0 Å². The number of nitrogens with zero attached hydrogens (tertiary/aromatic N) is 2. The highest BCUT2D eigenvalue weighted by molar-refractivity contribution is 5.83. The second kappa shape index (κ2) is 12.0. The number of ether oxygens (including phenoxy) is 1. The molecule has 2 heterocycles. The van der Waals surface area contributed by atoms with Gasteiger partial charge in [-0.1, -0.05) is 42.5 Å². The highest BCUT2D eigenvalue weighted by Crippen LogP contribution is 2.26.